The zero-order valence-corrected chi connectivity index (χ0v) is 31.9. The fourth-order valence-electron chi connectivity index (χ4n) is 9.31. The van der Waals surface area contributed by atoms with Crippen molar-refractivity contribution in [3.63, 3.8) is 0 Å². The van der Waals surface area contributed by atoms with E-state index in [9.17, 15) is 10.2 Å². The zero-order valence-electron chi connectivity index (χ0n) is 31.9. The van der Waals surface area contributed by atoms with Crippen LogP contribution in [-0.2, 0) is 15.9 Å². The Hall–Kier alpha value is -3.78. The fraction of sp³-hybridized carbons (Fsp3) is 0.585. The summed E-state index contributed by atoms with van der Waals surface area (Å²) in [5, 5.41) is 23.0. The third-order valence-corrected chi connectivity index (χ3v) is 11.8. The van der Waals surface area contributed by atoms with Gasteiger partial charge in [-0.1, -0.05) is 33.3 Å². The number of anilines is 1. The number of nitrogens with zero attached hydrogens (tertiary/aromatic N) is 5. The van der Waals surface area contributed by atoms with Gasteiger partial charge in [-0.25, -0.2) is 13.2 Å². The molecule has 4 unspecified atom stereocenters. The smallest absolute Gasteiger partial charge is 0.319 e. The van der Waals surface area contributed by atoms with Gasteiger partial charge in [-0.3, -0.25) is 9.88 Å². The summed E-state index contributed by atoms with van der Waals surface area (Å²) in [5.74, 6) is -1.02. The van der Waals surface area contributed by atoms with Crippen LogP contribution in [0, 0.1) is 17.0 Å². The maximum absolute atomic E-state index is 17.1. The highest BCUT2D eigenvalue weighted by molar-refractivity contribution is 6.01. The average Bonchev–Trinajstić information content (AvgIpc) is 3.47. The van der Waals surface area contributed by atoms with Crippen LogP contribution in [0.5, 0.6) is 11.8 Å². The monoisotopic (exact) mass is 751 g/mol. The minimum absolute atomic E-state index is 0.0694. The summed E-state index contributed by atoms with van der Waals surface area (Å²) in [4.78, 5) is 18.1. The van der Waals surface area contributed by atoms with E-state index in [-0.39, 0.29) is 66.5 Å². The fourth-order valence-corrected chi connectivity index (χ4v) is 9.31. The number of phenolic OH excluding ortho intramolecular Hbond substituents is 1. The molecule has 13 heteroatoms. The maximum atomic E-state index is 17.1. The number of rotatable bonds is 8. The molecule has 4 aromatic rings. The summed E-state index contributed by atoms with van der Waals surface area (Å²) >= 11 is 0. The van der Waals surface area contributed by atoms with Crippen molar-refractivity contribution in [3.05, 3.63) is 47.7 Å². The minimum atomic E-state index is -1.22. The number of hydrogen-bond donors (Lipinski definition) is 2. The van der Waals surface area contributed by atoms with E-state index in [1.54, 1.807) is 20.1 Å². The number of pyridine rings is 1. The normalized spacial score (nSPS) is 28.6. The second-order valence-corrected chi connectivity index (χ2v) is 15.5. The van der Waals surface area contributed by atoms with Crippen LogP contribution in [0.1, 0.15) is 71.8 Å². The van der Waals surface area contributed by atoms with E-state index in [1.807, 2.05) is 25.7 Å². The Morgan fingerprint density at radius 1 is 1.13 bits per heavy atom. The van der Waals surface area contributed by atoms with Gasteiger partial charge in [-0.05, 0) is 80.0 Å². The number of aromatic hydroxyl groups is 1. The molecule has 2 saturated heterocycles. The molecule has 4 atom stereocenters. The quantitative estimate of drug-likeness (QED) is 0.193. The van der Waals surface area contributed by atoms with Crippen LogP contribution in [0.15, 0.2) is 30.5 Å². The number of methoxy groups -OCH3 is 1. The van der Waals surface area contributed by atoms with Crippen LogP contribution in [0.3, 0.4) is 0 Å². The third-order valence-electron chi connectivity index (χ3n) is 11.8. The molecule has 8 rings (SSSR count). The Morgan fingerprint density at radius 2 is 1.93 bits per heavy atom. The highest BCUT2D eigenvalue weighted by atomic mass is 19.1. The Kier molecular flexibility index (Phi) is 11.0. The van der Waals surface area contributed by atoms with E-state index >= 15 is 13.2 Å². The van der Waals surface area contributed by atoms with Crippen LogP contribution in [-0.4, -0.2) is 107 Å². The lowest BCUT2D eigenvalue weighted by atomic mass is 9.72. The Labute approximate surface area is 314 Å². The molecule has 292 valence electrons. The molecule has 0 radical (unpaired) electrons. The number of likely N-dealkylation sites (tertiary alicyclic amines) is 1. The summed E-state index contributed by atoms with van der Waals surface area (Å²) in [6.45, 7) is 8.96. The van der Waals surface area contributed by atoms with Gasteiger partial charge in [-0.2, -0.15) is 9.97 Å². The van der Waals surface area contributed by atoms with Gasteiger partial charge in [0.2, 0.25) is 0 Å². The number of ether oxygens (including phenoxy) is 3. The first-order chi connectivity index (χ1) is 26.0. The van der Waals surface area contributed by atoms with Crippen LogP contribution < -0.4 is 9.64 Å². The average molecular weight is 752 g/mol. The van der Waals surface area contributed by atoms with Crippen molar-refractivity contribution < 1.29 is 37.6 Å². The molecular weight excluding hydrogens is 699 g/mol. The van der Waals surface area contributed by atoms with Gasteiger partial charge in [0.15, 0.2) is 5.82 Å². The summed E-state index contributed by atoms with van der Waals surface area (Å²) < 4.78 is 65.3. The van der Waals surface area contributed by atoms with Crippen LogP contribution in [0.2, 0.25) is 0 Å². The largest absolute Gasteiger partial charge is 0.508 e. The minimum Gasteiger partial charge on any atom is -0.508 e. The predicted molar refractivity (Wildman–Crippen MR) is 202 cm³/mol. The van der Waals surface area contributed by atoms with Crippen molar-refractivity contribution >= 4 is 27.5 Å². The SMILES string of the molecule is CC.CCc1c(F)ccc2cc(O)cc(-c3ncc4c(N5CCOCC(C)(O)C5)nc(OCC56CCCC5N(C5CC(OC)C5)CC(F)C6)nc4c3F)c12. The van der Waals surface area contributed by atoms with E-state index < -0.39 is 28.8 Å². The highest BCUT2D eigenvalue weighted by Crippen LogP contribution is 2.51. The first kappa shape index (κ1) is 38.5. The number of phenols is 1. The number of hydrogen-bond acceptors (Lipinski definition) is 10. The van der Waals surface area contributed by atoms with Crippen LogP contribution in [0.4, 0.5) is 19.0 Å². The number of halogens is 3. The van der Waals surface area contributed by atoms with Crippen molar-refractivity contribution in [1.82, 2.24) is 19.9 Å². The van der Waals surface area contributed by atoms with Gasteiger partial charge in [0.1, 0.15) is 40.4 Å². The van der Waals surface area contributed by atoms with Crippen molar-refractivity contribution in [2.75, 3.05) is 51.5 Å². The molecule has 2 N–H and O–H groups in total. The van der Waals surface area contributed by atoms with E-state index in [1.165, 1.54) is 24.4 Å². The molecular formula is C41H52F3N5O5. The molecule has 0 bridgehead atoms. The van der Waals surface area contributed by atoms with E-state index in [0.717, 1.165) is 32.1 Å². The Morgan fingerprint density at radius 3 is 2.69 bits per heavy atom. The van der Waals surface area contributed by atoms with Crippen LogP contribution >= 0.6 is 0 Å². The number of aryl methyl sites for hydroxylation is 1. The molecule has 4 heterocycles. The van der Waals surface area contributed by atoms with Crippen molar-refractivity contribution in [1.29, 1.82) is 0 Å². The number of alkyl halides is 1. The Balaban J connectivity index is 0.00000221. The molecule has 2 aromatic carbocycles. The molecule has 10 nitrogen and oxygen atoms in total. The number of piperidine rings is 1. The van der Waals surface area contributed by atoms with E-state index in [0.29, 0.717) is 60.1 Å². The molecule has 2 aromatic heterocycles. The van der Waals surface area contributed by atoms with Gasteiger partial charge >= 0.3 is 6.01 Å². The molecule has 2 aliphatic carbocycles. The molecule has 2 aliphatic heterocycles. The number of aliphatic hydroxyl groups is 1. The topological polar surface area (TPSA) is 113 Å². The molecule has 0 amide bonds. The number of aromatic nitrogens is 3. The van der Waals surface area contributed by atoms with Gasteiger partial charge in [0.05, 0.1) is 37.9 Å². The van der Waals surface area contributed by atoms with Crippen molar-refractivity contribution in [2.45, 2.75) is 103 Å². The second-order valence-electron chi connectivity index (χ2n) is 15.5. The molecule has 2 saturated carbocycles. The first-order valence-electron chi connectivity index (χ1n) is 19.4. The third kappa shape index (κ3) is 7.08. The lowest BCUT2D eigenvalue weighted by molar-refractivity contribution is -0.103. The lowest BCUT2D eigenvalue weighted by Gasteiger charge is -2.53. The summed E-state index contributed by atoms with van der Waals surface area (Å²) in [6.07, 6.45) is 5.82. The van der Waals surface area contributed by atoms with E-state index in [4.69, 9.17) is 19.2 Å². The Bertz CT molecular complexity index is 1990. The standard InChI is InChI=1S/C39H46F3N5O5.C2H6/c1-4-27-30(41)8-7-22-12-25(48)15-28(32(22)27)34-33(42)35-29(17-43-34)36(46-10-11-51-20-38(2,49)19-46)45-37(44-35)52-21-39-9-5-6-31(39)47(18-23(40)16-39)24-13-26(14-24)50-3;1-2/h7-8,12,15,17,23-24,26,31,48-49H,4-6,9-11,13-14,16,18-21H2,1-3H3;1-2H3. The van der Waals surface area contributed by atoms with Gasteiger partial charge in [0.25, 0.3) is 0 Å². The zero-order chi connectivity index (χ0) is 38.4. The summed E-state index contributed by atoms with van der Waals surface area (Å²) in [5.41, 5.74) is -1.25. The van der Waals surface area contributed by atoms with Crippen LogP contribution in [0.25, 0.3) is 32.9 Å². The van der Waals surface area contributed by atoms with Crippen molar-refractivity contribution in [2.24, 2.45) is 5.41 Å². The predicted octanol–water partition coefficient (Wildman–Crippen LogP) is 7.14. The highest BCUT2D eigenvalue weighted by Gasteiger charge is 2.54. The summed E-state index contributed by atoms with van der Waals surface area (Å²) in [7, 11) is 1.72. The number of fused-ring (bicyclic) bond motifs is 3. The molecule has 4 aliphatic rings. The van der Waals surface area contributed by atoms with Crippen molar-refractivity contribution in [3.8, 4) is 23.0 Å². The molecule has 4 fully saturated rings. The molecule has 0 spiro atoms. The summed E-state index contributed by atoms with van der Waals surface area (Å²) in [6, 6.07) is 6.13. The number of benzene rings is 2. The molecule has 54 heavy (non-hydrogen) atoms. The maximum Gasteiger partial charge on any atom is 0.319 e. The second kappa shape index (κ2) is 15.4. The van der Waals surface area contributed by atoms with Gasteiger partial charge in [0, 0.05) is 49.5 Å². The van der Waals surface area contributed by atoms with E-state index in [2.05, 4.69) is 14.9 Å². The first-order valence-corrected chi connectivity index (χ1v) is 19.4. The van der Waals surface area contributed by atoms with Gasteiger partial charge in [-0.15, -0.1) is 0 Å². The van der Waals surface area contributed by atoms with Gasteiger partial charge < -0.3 is 29.3 Å². The number of β-amino-alcohol motifs (C(OH)–C–C–N with tert-alkyl or cyclic N) is 1. The lowest BCUT2D eigenvalue weighted by Crippen LogP contribution is -2.62.